The lowest BCUT2D eigenvalue weighted by Crippen LogP contribution is -2.13. The summed E-state index contributed by atoms with van der Waals surface area (Å²) in [4.78, 5) is 10.7. The van der Waals surface area contributed by atoms with Crippen LogP contribution in [0.2, 0.25) is 0 Å². The first-order valence-corrected chi connectivity index (χ1v) is 4.87. The van der Waals surface area contributed by atoms with Crippen molar-refractivity contribution in [3.05, 3.63) is 24.3 Å². The highest BCUT2D eigenvalue weighted by Gasteiger charge is 2.05. The fourth-order valence-electron chi connectivity index (χ4n) is 1.08. The molecule has 0 unspecified atom stereocenters. The van der Waals surface area contributed by atoms with Crippen molar-refractivity contribution in [1.82, 2.24) is 0 Å². The van der Waals surface area contributed by atoms with Crippen molar-refractivity contribution in [3.8, 4) is 5.75 Å². The fraction of sp³-hybridized carbons (Fsp3) is 0.273. The molecule has 1 aromatic rings. The summed E-state index contributed by atoms with van der Waals surface area (Å²) in [7, 11) is 1.58. The van der Waals surface area contributed by atoms with Crippen molar-refractivity contribution in [2.45, 2.75) is 13.3 Å². The van der Waals surface area contributed by atoms with E-state index in [-0.39, 0.29) is 5.71 Å². The maximum Gasteiger partial charge on any atom is 0.352 e. The number of ether oxygens (including phenoxy) is 1. The van der Waals surface area contributed by atoms with Gasteiger partial charge in [-0.3, -0.25) is 5.43 Å². The molecule has 0 atom stereocenters. The van der Waals surface area contributed by atoms with Gasteiger partial charge in [0.05, 0.1) is 12.8 Å². The first-order valence-electron chi connectivity index (χ1n) is 4.87. The zero-order valence-corrected chi connectivity index (χ0v) is 9.23. The van der Waals surface area contributed by atoms with Gasteiger partial charge in [0.1, 0.15) is 11.5 Å². The van der Waals surface area contributed by atoms with Crippen LogP contribution in [0.3, 0.4) is 0 Å². The summed E-state index contributed by atoms with van der Waals surface area (Å²) < 4.78 is 5.00. The van der Waals surface area contributed by atoms with Crippen LogP contribution in [0.5, 0.6) is 5.75 Å². The molecule has 0 spiro atoms. The maximum atomic E-state index is 10.7. The summed E-state index contributed by atoms with van der Waals surface area (Å²) in [6, 6.07) is 7.06. The van der Waals surface area contributed by atoms with Crippen molar-refractivity contribution in [2.75, 3.05) is 12.5 Å². The first-order chi connectivity index (χ1) is 7.67. The quantitative estimate of drug-likeness (QED) is 0.590. The van der Waals surface area contributed by atoms with E-state index in [0.717, 1.165) is 5.75 Å². The number of methoxy groups -OCH3 is 1. The summed E-state index contributed by atoms with van der Waals surface area (Å²) >= 11 is 0. The van der Waals surface area contributed by atoms with E-state index in [4.69, 9.17) is 9.84 Å². The third-order valence-electron chi connectivity index (χ3n) is 1.99. The summed E-state index contributed by atoms with van der Waals surface area (Å²) in [6.07, 6.45) is 0.374. The van der Waals surface area contributed by atoms with Crippen molar-refractivity contribution < 1.29 is 14.6 Å². The van der Waals surface area contributed by atoms with E-state index in [1.165, 1.54) is 0 Å². The molecular weight excluding hydrogens is 208 g/mol. The minimum absolute atomic E-state index is 0.0934. The SMILES string of the molecule is CC/C(=N/Nc1ccc(OC)cc1)C(=O)O. The van der Waals surface area contributed by atoms with Crippen molar-refractivity contribution in [3.63, 3.8) is 0 Å². The Bertz CT molecular complexity index is 385. The highest BCUT2D eigenvalue weighted by molar-refractivity contribution is 6.35. The van der Waals surface area contributed by atoms with Crippen LogP contribution in [0.25, 0.3) is 0 Å². The minimum atomic E-state index is -1.01. The fourth-order valence-corrected chi connectivity index (χ4v) is 1.08. The van der Waals surface area contributed by atoms with Crippen molar-refractivity contribution in [1.29, 1.82) is 0 Å². The summed E-state index contributed by atoms with van der Waals surface area (Å²) in [5.41, 5.74) is 3.49. The topological polar surface area (TPSA) is 70.9 Å². The molecule has 1 aromatic carbocycles. The van der Waals surface area contributed by atoms with Crippen LogP contribution in [-0.4, -0.2) is 23.9 Å². The second-order valence-electron chi connectivity index (χ2n) is 3.06. The van der Waals surface area contributed by atoms with E-state index < -0.39 is 5.97 Å². The molecule has 0 radical (unpaired) electrons. The molecule has 0 fully saturated rings. The zero-order chi connectivity index (χ0) is 12.0. The summed E-state index contributed by atoms with van der Waals surface area (Å²) in [5, 5.41) is 12.5. The molecule has 0 aliphatic rings. The molecule has 5 heteroatoms. The van der Waals surface area contributed by atoms with Gasteiger partial charge < -0.3 is 9.84 Å². The Morgan fingerprint density at radius 2 is 2.06 bits per heavy atom. The highest BCUT2D eigenvalue weighted by atomic mass is 16.5. The Balaban J connectivity index is 2.69. The van der Waals surface area contributed by atoms with E-state index in [9.17, 15) is 4.79 Å². The lowest BCUT2D eigenvalue weighted by Gasteiger charge is -2.03. The number of hydrogen-bond donors (Lipinski definition) is 2. The van der Waals surface area contributed by atoms with Gasteiger partial charge >= 0.3 is 5.97 Å². The Morgan fingerprint density at radius 1 is 1.44 bits per heavy atom. The minimum Gasteiger partial charge on any atom is -0.497 e. The average molecular weight is 222 g/mol. The Morgan fingerprint density at radius 3 is 2.50 bits per heavy atom. The number of nitrogens with one attached hydrogen (secondary N) is 1. The molecule has 86 valence electrons. The number of carboxylic acid groups (broad SMARTS) is 1. The molecule has 16 heavy (non-hydrogen) atoms. The molecular formula is C11H14N2O3. The molecule has 0 aliphatic heterocycles. The van der Waals surface area contributed by atoms with Crippen LogP contribution in [0.4, 0.5) is 5.69 Å². The number of aliphatic carboxylic acids is 1. The zero-order valence-electron chi connectivity index (χ0n) is 9.23. The predicted octanol–water partition coefficient (Wildman–Crippen LogP) is 1.96. The lowest BCUT2D eigenvalue weighted by atomic mass is 10.3. The monoisotopic (exact) mass is 222 g/mol. The smallest absolute Gasteiger partial charge is 0.352 e. The Labute approximate surface area is 93.7 Å². The molecule has 5 nitrogen and oxygen atoms in total. The molecule has 2 N–H and O–H groups in total. The second-order valence-corrected chi connectivity index (χ2v) is 3.06. The molecule has 0 heterocycles. The molecule has 0 amide bonds. The van der Waals surface area contributed by atoms with Crippen LogP contribution in [0.1, 0.15) is 13.3 Å². The van der Waals surface area contributed by atoms with Gasteiger partial charge in [0.25, 0.3) is 0 Å². The van der Waals surface area contributed by atoms with Crippen molar-refractivity contribution in [2.24, 2.45) is 5.10 Å². The molecule has 0 aromatic heterocycles. The Kier molecular flexibility index (Phi) is 4.32. The van der Waals surface area contributed by atoms with Crippen LogP contribution in [0.15, 0.2) is 29.4 Å². The van der Waals surface area contributed by atoms with Crippen LogP contribution < -0.4 is 10.2 Å². The number of rotatable bonds is 5. The number of carbonyl (C=O) groups is 1. The van der Waals surface area contributed by atoms with E-state index >= 15 is 0 Å². The van der Waals surface area contributed by atoms with Gasteiger partial charge in [-0.05, 0) is 30.7 Å². The number of carboxylic acids is 1. The number of hydrazone groups is 1. The second kappa shape index (κ2) is 5.75. The van der Waals surface area contributed by atoms with Gasteiger partial charge in [0, 0.05) is 0 Å². The predicted molar refractivity (Wildman–Crippen MR) is 62.0 cm³/mol. The van der Waals surface area contributed by atoms with Crippen LogP contribution >= 0.6 is 0 Å². The first kappa shape index (κ1) is 12.0. The van der Waals surface area contributed by atoms with Gasteiger partial charge in [-0.15, -0.1) is 0 Å². The largest absolute Gasteiger partial charge is 0.497 e. The molecule has 0 bridgehead atoms. The summed E-state index contributed by atoms with van der Waals surface area (Å²) in [5.74, 6) is -0.271. The molecule has 0 saturated heterocycles. The van der Waals surface area contributed by atoms with Gasteiger partial charge in [-0.25, -0.2) is 4.79 Å². The third kappa shape index (κ3) is 3.27. The van der Waals surface area contributed by atoms with Gasteiger partial charge in [-0.2, -0.15) is 5.10 Å². The molecule has 1 rings (SSSR count). The standard InChI is InChI=1S/C11H14N2O3/c1-3-10(11(14)15)13-12-8-4-6-9(16-2)7-5-8/h4-7,12H,3H2,1-2H3,(H,14,15)/b13-10-. The van der Waals surface area contributed by atoms with Crippen molar-refractivity contribution >= 4 is 17.4 Å². The van der Waals surface area contributed by atoms with Crippen LogP contribution in [0, 0.1) is 0 Å². The van der Waals surface area contributed by atoms with E-state index in [2.05, 4.69) is 10.5 Å². The third-order valence-corrected chi connectivity index (χ3v) is 1.99. The lowest BCUT2D eigenvalue weighted by molar-refractivity contribution is -0.129. The van der Waals surface area contributed by atoms with Gasteiger partial charge in [0.2, 0.25) is 0 Å². The maximum absolute atomic E-state index is 10.7. The Hall–Kier alpha value is -2.04. The van der Waals surface area contributed by atoms with Gasteiger partial charge in [0.15, 0.2) is 0 Å². The van der Waals surface area contributed by atoms with E-state index in [0.29, 0.717) is 12.1 Å². The van der Waals surface area contributed by atoms with Crippen LogP contribution in [-0.2, 0) is 4.79 Å². The normalized spacial score (nSPS) is 11.0. The number of nitrogens with zero attached hydrogens (tertiary/aromatic N) is 1. The molecule has 0 saturated carbocycles. The van der Waals surface area contributed by atoms with E-state index in [1.807, 2.05) is 0 Å². The average Bonchev–Trinajstić information content (AvgIpc) is 2.30. The van der Waals surface area contributed by atoms with E-state index in [1.54, 1.807) is 38.3 Å². The molecule has 0 aliphatic carbocycles. The number of benzene rings is 1. The summed E-state index contributed by atoms with van der Waals surface area (Å²) in [6.45, 7) is 1.74. The highest BCUT2D eigenvalue weighted by Crippen LogP contribution is 2.14. The number of anilines is 1. The number of hydrogen-bond acceptors (Lipinski definition) is 4. The van der Waals surface area contributed by atoms with Gasteiger partial charge in [-0.1, -0.05) is 6.92 Å².